The van der Waals surface area contributed by atoms with E-state index < -0.39 is 0 Å². The molecule has 2 aromatic rings. The van der Waals surface area contributed by atoms with Crippen LogP contribution in [0.25, 0.3) is 0 Å². The number of hydrogen-bond donors (Lipinski definition) is 0. The lowest BCUT2D eigenvalue weighted by Gasteiger charge is -2.33. The second kappa shape index (κ2) is 6.97. The van der Waals surface area contributed by atoms with Crippen molar-refractivity contribution in [1.82, 2.24) is 10.2 Å². The largest absolute Gasteiger partial charge is 0.490 e. The van der Waals surface area contributed by atoms with Gasteiger partial charge in [-0.05, 0) is 36.8 Å². The number of aryl methyl sites for hydroxylation is 1. The van der Waals surface area contributed by atoms with Crippen LogP contribution in [-0.4, -0.2) is 29.4 Å². The Morgan fingerprint density at radius 3 is 2.58 bits per heavy atom. The van der Waals surface area contributed by atoms with Gasteiger partial charge in [-0.2, -0.15) is 10.5 Å². The van der Waals surface area contributed by atoms with E-state index in [4.69, 9.17) is 15.3 Å². The fraction of sp³-hybridized carbons (Fsp3) is 0.333. The van der Waals surface area contributed by atoms with E-state index in [1.165, 1.54) is 0 Å². The molecule has 1 aromatic carbocycles. The van der Waals surface area contributed by atoms with Crippen molar-refractivity contribution in [2.45, 2.75) is 25.9 Å². The normalized spacial score (nSPS) is 14.7. The maximum Gasteiger partial charge on any atom is 0.163 e. The SMILES string of the molecule is Cc1cc(C#N)nnc1N1CCC(Oc2cccc(C#N)c2)CC1. The topological polar surface area (TPSA) is 85.8 Å². The van der Waals surface area contributed by atoms with E-state index in [-0.39, 0.29) is 6.10 Å². The van der Waals surface area contributed by atoms with Crippen LogP contribution in [0.3, 0.4) is 0 Å². The lowest BCUT2D eigenvalue weighted by Crippen LogP contribution is -2.39. The van der Waals surface area contributed by atoms with Crippen LogP contribution in [0.4, 0.5) is 5.82 Å². The average molecular weight is 319 g/mol. The summed E-state index contributed by atoms with van der Waals surface area (Å²) in [5, 5.41) is 25.9. The molecule has 0 aliphatic carbocycles. The zero-order valence-electron chi connectivity index (χ0n) is 13.4. The molecule has 1 aliphatic heterocycles. The summed E-state index contributed by atoms with van der Waals surface area (Å²) in [6, 6.07) is 13.1. The van der Waals surface area contributed by atoms with E-state index in [0.29, 0.717) is 11.3 Å². The van der Waals surface area contributed by atoms with Gasteiger partial charge in [0.1, 0.15) is 17.9 Å². The Bertz CT molecular complexity index is 813. The van der Waals surface area contributed by atoms with E-state index in [1.54, 1.807) is 18.2 Å². The van der Waals surface area contributed by atoms with Crippen molar-refractivity contribution in [2.75, 3.05) is 18.0 Å². The molecule has 0 spiro atoms. The molecule has 1 aliphatic rings. The van der Waals surface area contributed by atoms with Crippen molar-refractivity contribution >= 4 is 5.82 Å². The van der Waals surface area contributed by atoms with Gasteiger partial charge < -0.3 is 9.64 Å². The van der Waals surface area contributed by atoms with Crippen molar-refractivity contribution in [1.29, 1.82) is 10.5 Å². The molecule has 1 aromatic heterocycles. The molecular formula is C18H17N5O. The number of nitriles is 2. The van der Waals surface area contributed by atoms with Gasteiger partial charge in [-0.1, -0.05) is 6.07 Å². The van der Waals surface area contributed by atoms with E-state index in [0.717, 1.165) is 43.1 Å². The minimum Gasteiger partial charge on any atom is -0.490 e. The van der Waals surface area contributed by atoms with E-state index >= 15 is 0 Å². The zero-order valence-corrected chi connectivity index (χ0v) is 13.4. The molecule has 0 bridgehead atoms. The Labute approximate surface area is 140 Å². The van der Waals surface area contributed by atoms with Crippen LogP contribution in [0.15, 0.2) is 30.3 Å². The average Bonchev–Trinajstić information content (AvgIpc) is 2.62. The Hall–Kier alpha value is -3.12. The van der Waals surface area contributed by atoms with Crippen LogP contribution < -0.4 is 9.64 Å². The molecule has 0 N–H and O–H groups in total. The Morgan fingerprint density at radius 1 is 1.12 bits per heavy atom. The first-order valence-electron chi connectivity index (χ1n) is 7.86. The standard InChI is InChI=1S/C18H17N5O/c1-13-9-15(12-20)21-22-18(13)23-7-5-16(6-8-23)24-17-4-2-3-14(10-17)11-19/h2-4,9-10,16H,5-8H2,1H3. The monoisotopic (exact) mass is 319 g/mol. The second-order valence-electron chi connectivity index (χ2n) is 5.79. The highest BCUT2D eigenvalue weighted by Crippen LogP contribution is 2.24. The number of benzene rings is 1. The van der Waals surface area contributed by atoms with Gasteiger partial charge >= 0.3 is 0 Å². The smallest absolute Gasteiger partial charge is 0.163 e. The number of piperidine rings is 1. The molecule has 6 nitrogen and oxygen atoms in total. The number of nitrogens with zero attached hydrogens (tertiary/aromatic N) is 5. The summed E-state index contributed by atoms with van der Waals surface area (Å²) in [6.45, 7) is 3.59. The highest BCUT2D eigenvalue weighted by atomic mass is 16.5. The number of anilines is 1. The summed E-state index contributed by atoms with van der Waals surface area (Å²) in [5.41, 5.74) is 1.91. The second-order valence-corrected chi connectivity index (χ2v) is 5.79. The predicted octanol–water partition coefficient (Wildman–Crippen LogP) is 2.58. The van der Waals surface area contributed by atoms with Crippen LogP contribution in [0.1, 0.15) is 29.7 Å². The Morgan fingerprint density at radius 2 is 1.92 bits per heavy atom. The van der Waals surface area contributed by atoms with Gasteiger partial charge in [0.2, 0.25) is 0 Å². The number of rotatable bonds is 3. The van der Waals surface area contributed by atoms with Crippen LogP contribution in [-0.2, 0) is 0 Å². The van der Waals surface area contributed by atoms with Crippen LogP contribution in [0.2, 0.25) is 0 Å². The minimum absolute atomic E-state index is 0.127. The summed E-state index contributed by atoms with van der Waals surface area (Å²) >= 11 is 0. The van der Waals surface area contributed by atoms with E-state index in [1.807, 2.05) is 25.1 Å². The predicted molar refractivity (Wildman–Crippen MR) is 88.5 cm³/mol. The molecule has 0 unspecified atom stereocenters. The third-order valence-corrected chi connectivity index (χ3v) is 4.08. The number of aromatic nitrogens is 2. The molecular weight excluding hydrogens is 302 g/mol. The molecule has 0 saturated carbocycles. The van der Waals surface area contributed by atoms with Crippen molar-refractivity contribution in [2.24, 2.45) is 0 Å². The quantitative estimate of drug-likeness (QED) is 0.864. The van der Waals surface area contributed by atoms with Crippen LogP contribution in [0, 0.1) is 29.6 Å². The first kappa shape index (κ1) is 15.8. The summed E-state index contributed by atoms with van der Waals surface area (Å²) in [5.74, 6) is 1.57. The lowest BCUT2D eigenvalue weighted by atomic mass is 10.1. The van der Waals surface area contributed by atoms with Gasteiger partial charge in [0.15, 0.2) is 11.5 Å². The van der Waals surface area contributed by atoms with Gasteiger partial charge in [-0.25, -0.2) is 0 Å². The summed E-state index contributed by atoms with van der Waals surface area (Å²) in [6.07, 6.45) is 1.87. The van der Waals surface area contributed by atoms with Gasteiger partial charge in [0.25, 0.3) is 0 Å². The Balaban J connectivity index is 1.62. The van der Waals surface area contributed by atoms with Crippen molar-refractivity contribution in [3.8, 4) is 17.9 Å². The maximum atomic E-state index is 8.95. The number of ether oxygens (including phenoxy) is 1. The fourth-order valence-corrected chi connectivity index (χ4v) is 2.86. The Kier molecular flexibility index (Phi) is 4.58. The van der Waals surface area contributed by atoms with Crippen LogP contribution >= 0.6 is 0 Å². The third-order valence-electron chi connectivity index (χ3n) is 4.08. The van der Waals surface area contributed by atoms with E-state index in [2.05, 4.69) is 21.2 Å². The van der Waals surface area contributed by atoms with Crippen LogP contribution in [0.5, 0.6) is 5.75 Å². The summed E-state index contributed by atoms with van der Waals surface area (Å²) < 4.78 is 5.99. The van der Waals surface area contributed by atoms with Crippen molar-refractivity contribution in [3.05, 3.63) is 47.2 Å². The molecule has 0 amide bonds. The van der Waals surface area contributed by atoms with Gasteiger partial charge in [0, 0.05) is 25.9 Å². The molecule has 1 fully saturated rings. The van der Waals surface area contributed by atoms with Crippen molar-refractivity contribution in [3.63, 3.8) is 0 Å². The molecule has 0 radical (unpaired) electrons. The molecule has 2 heterocycles. The molecule has 3 rings (SSSR count). The highest BCUT2D eigenvalue weighted by Gasteiger charge is 2.23. The first-order chi connectivity index (χ1) is 11.7. The third kappa shape index (κ3) is 3.44. The van der Waals surface area contributed by atoms with Crippen molar-refractivity contribution < 1.29 is 4.74 Å². The number of hydrogen-bond acceptors (Lipinski definition) is 6. The van der Waals surface area contributed by atoms with Gasteiger partial charge in [0.05, 0.1) is 11.6 Å². The zero-order chi connectivity index (χ0) is 16.9. The molecule has 120 valence electrons. The van der Waals surface area contributed by atoms with Gasteiger partial charge in [-0.15, -0.1) is 10.2 Å². The fourth-order valence-electron chi connectivity index (χ4n) is 2.86. The molecule has 24 heavy (non-hydrogen) atoms. The molecule has 1 saturated heterocycles. The molecule has 6 heteroatoms. The lowest BCUT2D eigenvalue weighted by molar-refractivity contribution is 0.170. The summed E-state index contributed by atoms with van der Waals surface area (Å²) in [7, 11) is 0. The first-order valence-corrected chi connectivity index (χ1v) is 7.86. The maximum absolute atomic E-state index is 8.95. The summed E-state index contributed by atoms with van der Waals surface area (Å²) in [4.78, 5) is 2.18. The minimum atomic E-state index is 0.127. The highest BCUT2D eigenvalue weighted by molar-refractivity contribution is 5.47. The molecule has 0 atom stereocenters. The van der Waals surface area contributed by atoms with Gasteiger partial charge in [-0.3, -0.25) is 0 Å². The van der Waals surface area contributed by atoms with E-state index in [9.17, 15) is 0 Å².